The lowest BCUT2D eigenvalue weighted by Crippen LogP contribution is -2.34. The third-order valence-electron chi connectivity index (χ3n) is 4.99. The monoisotopic (exact) mass is 410 g/mol. The maximum absolute atomic E-state index is 11.0. The number of fused-ring (bicyclic) bond motifs is 1. The van der Waals surface area contributed by atoms with E-state index in [9.17, 15) is 8.42 Å². The van der Waals surface area contributed by atoms with Gasteiger partial charge in [0.25, 0.3) is 10.1 Å². The minimum Gasteiger partial charge on any atom is -0.490 e. The second kappa shape index (κ2) is 10.3. The van der Waals surface area contributed by atoms with Crippen LogP contribution >= 0.6 is 0 Å². The Balaban J connectivity index is 1.89. The van der Waals surface area contributed by atoms with E-state index < -0.39 is 22.0 Å². The molecule has 0 bridgehead atoms. The lowest BCUT2D eigenvalue weighted by atomic mass is 9.91. The van der Waals surface area contributed by atoms with Crippen LogP contribution in [0.5, 0.6) is 11.5 Å². The molecule has 1 aliphatic heterocycles. The van der Waals surface area contributed by atoms with Gasteiger partial charge >= 0.3 is 0 Å². The summed E-state index contributed by atoms with van der Waals surface area (Å²) in [5.74, 6) is 1.00. The van der Waals surface area contributed by atoms with Crippen LogP contribution in [0.2, 0.25) is 0 Å². The quantitative estimate of drug-likeness (QED) is 0.303. The number of ether oxygens (including phenoxy) is 2. The molecule has 0 aliphatic carbocycles. The van der Waals surface area contributed by atoms with Crippen molar-refractivity contribution in [2.45, 2.75) is 83.8 Å². The van der Waals surface area contributed by atoms with Crippen molar-refractivity contribution in [3.8, 4) is 11.5 Å². The number of aryl methyl sites for hydroxylation is 1. The maximum atomic E-state index is 11.0. The molecule has 0 spiro atoms. The van der Waals surface area contributed by atoms with E-state index >= 15 is 0 Å². The van der Waals surface area contributed by atoms with E-state index in [-0.39, 0.29) is 5.60 Å². The standard InChI is InChI=1S/C22H34O5S/c1-4-5-6-7-8-9-10-14-22(3)15-13-19-16-20(11-12-21(19)27-22)26-18(2)17-28(23,24)25/h10-12,14,16,18H,4-9,13,15,17H2,1-3H3,(H,23,24,25)/b14-10+. The normalized spacial score (nSPS) is 20.6. The van der Waals surface area contributed by atoms with Crippen molar-refractivity contribution < 1.29 is 22.4 Å². The Hall–Kier alpha value is -1.53. The molecule has 1 aromatic carbocycles. The van der Waals surface area contributed by atoms with Gasteiger partial charge in [-0.2, -0.15) is 8.42 Å². The van der Waals surface area contributed by atoms with E-state index in [1.54, 1.807) is 13.0 Å². The second-order valence-corrected chi connectivity index (χ2v) is 9.46. The SMILES string of the molecule is CCCCCCC/C=C/C1(C)CCc2cc(OC(C)CS(=O)(=O)O)ccc2O1. The fourth-order valence-electron chi connectivity index (χ4n) is 3.49. The first-order valence-electron chi connectivity index (χ1n) is 10.3. The summed E-state index contributed by atoms with van der Waals surface area (Å²) in [4.78, 5) is 0. The summed E-state index contributed by atoms with van der Waals surface area (Å²) in [6, 6.07) is 5.55. The number of hydrogen-bond acceptors (Lipinski definition) is 4. The minimum absolute atomic E-state index is 0.295. The lowest BCUT2D eigenvalue weighted by molar-refractivity contribution is 0.113. The largest absolute Gasteiger partial charge is 0.490 e. The van der Waals surface area contributed by atoms with Crippen LogP contribution in [0.3, 0.4) is 0 Å². The van der Waals surface area contributed by atoms with Crippen molar-refractivity contribution in [1.29, 1.82) is 0 Å². The van der Waals surface area contributed by atoms with Gasteiger partial charge in [0, 0.05) is 0 Å². The van der Waals surface area contributed by atoms with Gasteiger partial charge in [0.1, 0.15) is 29.0 Å². The molecular weight excluding hydrogens is 376 g/mol. The van der Waals surface area contributed by atoms with Gasteiger partial charge in [0.15, 0.2) is 0 Å². The average molecular weight is 411 g/mol. The smallest absolute Gasteiger partial charge is 0.268 e. The molecule has 5 nitrogen and oxygen atoms in total. The number of benzene rings is 1. The van der Waals surface area contributed by atoms with E-state index in [2.05, 4.69) is 26.0 Å². The third kappa shape index (κ3) is 7.84. The highest BCUT2D eigenvalue weighted by Gasteiger charge is 2.29. The molecule has 0 saturated carbocycles. The summed E-state index contributed by atoms with van der Waals surface area (Å²) in [5.41, 5.74) is 0.763. The van der Waals surface area contributed by atoms with Gasteiger partial charge in [-0.1, -0.05) is 38.7 Å². The lowest BCUT2D eigenvalue weighted by Gasteiger charge is -2.33. The summed E-state index contributed by atoms with van der Waals surface area (Å²) < 4.78 is 42.7. The average Bonchev–Trinajstić information content (AvgIpc) is 2.59. The van der Waals surface area contributed by atoms with E-state index in [4.69, 9.17) is 14.0 Å². The van der Waals surface area contributed by atoms with Crippen LogP contribution in [0.15, 0.2) is 30.4 Å². The number of allylic oxidation sites excluding steroid dienone is 1. The van der Waals surface area contributed by atoms with E-state index in [1.807, 2.05) is 12.1 Å². The zero-order chi connectivity index (χ0) is 20.6. The van der Waals surface area contributed by atoms with E-state index in [0.717, 1.165) is 30.6 Å². The first kappa shape index (κ1) is 22.8. The molecule has 2 rings (SSSR count). The number of hydrogen-bond donors (Lipinski definition) is 1. The van der Waals surface area contributed by atoms with Gasteiger partial charge in [0.05, 0.1) is 0 Å². The van der Waals surface area contributed by atoms with Crippen LogP contribution < -0.4 is 9.47 Å². The molecule has 1 heterocycles. The highest BCUT2D eigenvalue weighted by molar-refractivity contribution is 7.85. The predicted molar refractivity (Wildman–Crippen MR) is 113 cm³/mol. The van der Waals surface area contributed by atoms with Gasteiger partial charge in [-0.05, 0) is 69.4 Å². The van der Waals surface area contributed by atoms with Crippen LogP contribution in [0.25, 0.3) is 0 Å². The predicted octanol–water partition coefficient (Wildman–Crippen LogP) is 5.34. The number of rotatable bonds is 11. The van der Waals surface area contributed by atoms with Gasteiger partial charge < -0.3 is 9.47 Å². The van der Waals surface area contributed by atoms with Crippen LogP contribution in [0.4, 0.5) is 0 Å². The van der Waals surface area contributed by atoms with Crippen molar-refractivity contribution >= 4 is 10.1 Å². The highest BCUT2D eigenvalue weighted by atomic mass is 32.2. The van der Waals surface area contributed by atoms with Crippen molar-refractivity contribution in [1.82, 2.24) is 0 Å². The molecule has 2 atom stereocenters. The molecule has 1 N–H and O–H groups in total. The first-order valence-corrected chi connectivity index (χ1v) is 11.9. The zero-order valence-corrected chi connectivity index (χ0v) is 18.1. The van der Waals surface area contributed by atoms with Gasteiger partial charge in [-0.25, -0.2) is 0 Å². The van der Waals surface area contributed by atoms with Crippen molar-refractivity contribution in [2.24, 2.45) is 0 Å². The summed E-state index contributed by atoms with van der Waals surface area (Å²) >= 11 is 0. The first-order chi connectivity index (χ1) is 13.2. The summed E-state index contributed by atoms with van der Waals surface area (Å²) in [7, 11) is -4.05. The van der Waals surface area contributed by atoms with Crippen molar-refractivity contribution in [3.05, 3.63) is 35.9 Å². The van der Waals surface area contributed by atoms with Crippen molar-refractivity contribution in [2.75, 3.05) is 5.75 Å². The Labute approximate surface area is 169 Å². The minimum atomic E-state index is -4.05. The molecule has 0 fully saturated rings. The number of unbranched alkanes of at least 4 members (excludes halogenated alkanes) is 5. The van der Waals surface area contributed by atoms with Crippen LogP contribution in [-0.4, -0.2) is 30.4 Å². The topological polar surface area (TPSA) is 72.8 Å². The molecule has 0 amide bonds. The summed E-state index contributed by atoms with van der Waals surface area (Å²) in [6.07, 6.45) is 13.1. The molecule has 0 aromatic heterocycles. The van der Waals surface area contributed by atoms with Crippen LogP contribution in [-0.2, 0) is 16.5 Å². The Morgan fingerprint density at radius 1 is 1.29 bits per heavy atom. The Bertz CT molecular complexity index is 756. The Kier molecular flexibility index (Phi) is 8.38. The summed E-state index contributed by atoms with van der Waals surface area (Å²) in [6.45, 7) is 5.96. The molecule has 1 aromatic rings. The Morgan fingerprint density at radius 3 is 2.75 bits per heavy atom. The van der Waals surface area contributed by atoms with E-state index in [0.29, 0.717) is 5.75 Å². The fourth-order valence-corrected chi connectivity index (χ4v) is 4.15. The second-order valence-electron chi connectivity index (χ2n) is 7.97. The van der Waals surface area contributed by atoms with E-state index in [1.165, 1.54) is 32.1 Å². The maximum Gasteiger partial charge on any atom is 0.268 e. The highest BCUT2D eigenvalue weighted by Crippen LogP contribution is 2.36. The zero-order valence-electron chi connectivity index (χ0n) is 17.3. The molecular formula is C22H34O5S. The molecule has 158 valence electrons. The molecule has 6 heteroatoms. The van der Waals surface area contributed by atoms with Gasteiger partial charge in [-0.3, -0.25) is 4.55 Å². The molecule has 2 unspecified atom stereocenters. The van der Waals surface area contributed by atoms with Crippen LogP contribution in [0.1, 0.15) is 71.3 Å². The molecule has 0 saturated heterocycles. The summed E-state index contributed by atoms with van der Waals surface area (Å²) in [5, 5.41) is 0. The molecule has 1 aliphatic rings. The van der Waals surface area contributed by atoms with Crippen molar-refractivity contribution in [3.63, 3.8) is 0 Å². The van der Waals surface area contributed by atoms with Gasteiger partial charge in [0.2, 0.25) is 0 Å². The Morgan fingerprint density at radius 2 is 2.04 bits per heavy atom. The molecule has 28 heavy (non-hydrogen) atoms. The fraction of sp³-hybridized carbons (Fsp3) is 0.636. The molecule has 0 radical (unpaired) electrons. The van der Waals surface area contributed by atoms with Gasteiger partial charge in [-0.15, -0.1) is 0 Å². The third-order valence-corrected chi connectivity index (χ3v) is 5.88. The van der Waals surface area contributed by atoms with Crippen LogP contribution in [0, 0.1) is 0 Å².